The van der Waals surface area contributed by atoms with Crippen LogP contribution in [0.1, 0.15) is 0 Å². The Morgan fingerprint density at radius 2 is 2.38 bits per heavy atom. The summed E-state index contributed by atoms with van der Waals surface area (Å²) in [4.78, 5) is 9.97. The number of hydrogen-bond acceptors (Lipinski definition) is 3. The highest BCUT2D eigenvalue weighted by atomic mass is 79.9. The van der Waals surface area contributed by atoms with E-state index in [0.717, 1.165) is 5.06 Å². The lowest BCUT2D eigenvalue weighted by Crippen LogP contribution is -2.29. The smallest absolute Gasteiger partial charge is 0.234 e. The number of amides is 1. The minimum atomic E-state index is -0.549. The Morgan fingerprint density at radius 3 is 2.50 bits per heavy atom. The summed E-state index contributed by atoms with van der Waals surface area (Å²) in [6, 6.07) is 0. The summed E-state index contributed by atoms with van der Waals surface area (Å²) in [5.41, 5.74) is 4.94. The molecule has 8 heavy (non-hydrogen) atoms. The molecule has 0 rings (SSSR count). The number of primary amides is 1. The maximum atomic E-state index is 9.97. The maximum Gasteiger partial charge on any atom is 0.234 e. The number of halogens is 1. The van der Waals surface area contributed by atoms with Gasteiger partial charge in [0, 0.05) is 0 Å². The summed E-state index contributed by atoms with van der Waals surface area (Å²) in [7, 11) is 0. The molecule has 0 aliphatic rings. The zero-order chi connectivity index (χ0) is 6.57. The summed E-state index contributed by atoms with van der Waals surface area (Å²) < 4.78 is 0. The molecular weight excluding hydrogens is 176 g/mol. The van der Waals surface area contributed by atoms with Crippen LogP contribution < -0.4 is 5.73 Å². The lowest BCUT2D eigenvalue weighted by molar-refractivity contribution is -0.130. The van der Waals surface area contributed by atoms with Gasteiger partial charge in [-0.05, 0) is 0 Å². The number of alkyl halides is 1. The van der Waals surface area contributed by atoms with Crippen LogP contribution in [0.25, 0.3) is 0 Å². The first kappa shape index (κ1) is 7.87. The van der Waals surface area contributed by atoms with Gasteiger partial charge in [0.15, 0.2) is 0 Å². The van der Waals surface area contributed by atoms with E-state index in [9.17, 15) is 4.79 Å². The largest absolute Gasteiger partial charge is 0.368 e. The topological polar surface area (TPSA) is 66.6 Å². The molecule has 3 N–H and O–H groups in total. The van der Waals surface area contributed by atoms with Crippen LogP contribution in [0, 0.1) is 0 Å². The van der Waals surface area contributed by atoms with Crippen LogP contribution in [-0.4, -0.2) is 28.2 Å². The Bertz CT molecular complexity index is 87.4. The van der Waals surface area contributed by atoms with Gasteiger partial charge in [0.2, 0.25) is 5.91 Å². The number of rotatable bonds is 3. The summed E-state index contributed by atoms with van der Waals surface area (Å²) in [5.74, 6) is -0.549. The first-order chi connectivity index (χ1) is 3.66. The van der Waals surface area contributed by atoms with Crippen LogP contribution in [0.3, 0.4) is 0 Å². The van der Waals surface area contributed by atoms with Gasteiger partial charge < -0.3 is 10.9 Å². The van der Waals surface area contributed by atoms with Crippen LogP contribution in [0.4, 0.5) is 0 Å². The molecule has 0 saturated carbocycles. The molecule has 4 nitrogen and oxygen atoms in total. The van der Waals surface area contributed by atoms with E-state index >= 15 is 0 Å². The Labute approximate surface area is 55.3 Å². The van der Waals surface area contributed by atoms with E-state index in [1.54, 1.807) is 0 Å². The van der Waals surface area contributed by atoms with Gasteiger partial charge in [-0.2, -0.15) is 5.06 Å². The highest BCUT2D eigenvalue weighted by Crippen LogP contribution is 1.84. The molecule has 0 aromatic heterocycles. The van der Waals surface area contributed by atoms with E-state index in [1.807, 2.05) is 0 Å². The number of hydrogen-bond donors (Lipinski definition) is 2. The quantitative estimate of drug-likeness (QED) is 0.352. The molecule has 0 spiro atoms. The number of carbonyl (C=O) groups excluding carboxylic acids is 1. The molecule has 5 heteroatoms. The van der Waals surface area contributed by atoms with Gasteiger partial charge >= 0.3 is 0 Å². The Morgan fingerprint density at radius 1 is 1.88 bits per heavy atom. The zero-order valence-corrected chi connectivity index (χ0v) is 5.76. The average molecular weight is 183 g/mol. The second kappa shape index (κ2) is 3.82. The number of nitrogens with zero attached hydrogens (tertiary/aromatic N) is 1. The summed E-state index contributed by atoms with van der Waals surface area (Å²) in [5, 5.41) is 9.28. The number of hydroxylamine groups is 2. The third kappa shape index (κ3) is 4.04. The minimum Gasteiger partial charge on any atom is -0.368 e. The Kier molecular flexibility index (Phi) is 3.76. The van der Waals surface area contributed by atoms with Gasteiger partial charge in [0.05, 0.1) is 5.45 Å². The third-order valence-corrected chi connectivity index (χ3v) is 1.06. The van der Waals surface area contributed by atoms with Crippen LogP contribution in [0.15, 0.2) is 0 Å². The molecule has 0 atom stereocenters. The molecule has 0 bridgehead atoms. The SMILES string of the molecule is NC(=O)CN(O)CBr. The third-order valence-electron chi connectivity index (χ3n) is 0.476. The molecule has 0 aliphatic carbocycles. The Hall–Kier alpha value is -0.130. The van der Waals surface area contributed by atoms with E-state index in [1.165, 1.54) is 0 Å². The highest BCUT2D eigenvalue weighted by molar-refractivity contribution is 9.09. The van der Waals surface area contributed by atoms with E-state index < -0.39 is 5.91 Å². The van der Waals surface area contributed by atoms with Gasteiger partial charge in [-0.1, -0.05) is 15.9 Å². The van der Waals surface area contributed by atoms with Crippen LogP contribution in [0.2, 0.25) is 0 Å². The van der Waals surface area contributed by atoms with E-state index in [4.69, 9.17) is 10.9 Å². The molecule has 0 heterocycles. The van der Waals surface area contributed by atoms with E-state index in [2.05, 4.69) is 15.9 Å². The normalized spacial score (nSPS) is 9.88. The number of carbonyl (C=O) groups is 1. The van der Waals surface area contributed by atoms with Crippen LogP contribution in [-0.2, 0) is 4.79 Å². The molecule has 0 aromatic rings. The van der Waals surface area contributed by atoms with Crippen molar-refractivity contribution in [2.75, 3.05) is 12.0 Å². The average Bonchev–Trinajstić information content (AvgIpc) is 1.65. The maximum absolute atomic E-state index is 9.97. The first-order valence-corrected chi connectivity index (χ1v) is 3.07. The lowest BCUT2D eigenvalue weighted by Gasteiger charge is -2.05. The standard InChI is InChI=1S/C3H7BrN2O2/c4-2-6(8)1-3(5)7/h8H,1-2H2,(H2,5,7). The minimum absolute atomic E-state index is 0.134. The van der Waals surface area contributed by atoms with Gasteiger partial charge in [-0.3, -0.25) is 4.79 Å². The van der Waals surface area contributed by atoms with Crippen LogP contribution in [0.5, 0.6) is 0 Å². The number of nitrogens with two attached hydrogens (primary N) is 1. The van der Waals surface area contributed by atoms with Gasteiger partial charge in [-0.15, -0.1) is 0 Å². The molecule has 48 valence electrons. The fourth-order valence-corrected chi connectivity index (χ4v) is 0.399. The predicted molar refractivity (Wildman–Crippen MR) is 31.5 cm³/mol. The lowest BCUT2D eigenvalue weighted by atomic mass is 10.6. The van der Waals surface area contributed by atoms with Crippen molar-refractivity contribution in [3.8, 4) is 0 Å². The van der Waals surface area contributed by atoms with E-state index in [-0.39, 0.29) is 12.0 Å². The second-order valence-electron chi connectivity index (χ2n) is 1.25. The highest BCUT2D eigenvalue weighted by Gasteiger charge is 1.99. The van der Waals surface area contributed by atoms with Gasteiger partial charge in [0.25, 0.3) is 0 Å². The molecule has 0 radical (unpaired) electrons. The summed E-state index contributed by atoms with van der Waals surface area (Å²) >= 11 is 2.91. The first-order valence-electron chi connectivity index (χ1n) is 1.95. The molecule has 1 amide bonds. The fraction of sp³-hybridized carbons (Fsp3) is 0.667. The van der Waals surface area contributed by atoms with Crippen molar-refractivity contribution in [3.63, 3.8) is 0 Å². The van der Waals surface area contributed by atoms with Crippen LogP contribution >= 0.6 is 15.9 Å². The Balaban J connectivity index is 3.24. The summed E-state index contributed by atoms with van der Waals surface area (Å²) in [6.45, 7) is -0.134. The molecule has 0 saturated heterocycles. The van der Waals surface area contributed by atoms with Crippen molar-refractivity contribution < 1.29 is 10.0 Å². The van der Waals surface area contributed by atoms with Crippen molar-refractivity contribution in [2.24, 2.45) is 5.73 Å². The van der Waals surface area contributed by atoms with Crippen molar-refractivity contribution in [1.29, 1.82) is 0 Å². The van der Waals surface area contributed by atoms with Crippen molar-refractivity contribution >= 4 is 21.8 Å². The fourth-order valence-electron chi connectivity index (χ4n) is 0.222. The monoisotopic (exact) mass is 182 g/mol. The van der Waals surface area contributed by atoms with Crippen molar-refractivity contribution in [3.05, 3.63) is 0 Å². The zero-order valence-electron chi connectivity index (χ0n) is 4.17. The van der Waals surface area contributed by atoms with Gasteiger partial charge in [0.1, 0.15) is 6.54 Å². The van der Waals surface area contributed by atoms with Crippen molar-refractivity contribution in [2.45, 2.75) is 0 Å². The van der Waals surface area contributed by atoms with Crippen molar-refractivity contribution in [1.82, 2.24) is 5.06 Å². The van der Waals surface area contributed by atoms with Gasteiger partial charge in [-0.25, -0.2) is 0 Å². The molecule has 0 aliphatic heterocycles. The molecule has 0 fully saturated rings. The molecule has 0 aromatic carbocycles. The van der Waals surface area contributed by atoms with E-state index in [0.29, 0.717) is 0 Å². The predicted octanol–water partition coefficient (Wildman–Crippen LogP) is -0.485. The summed E-state index contributed by atoms with van der Waals surface area (Å²) in [6.07, 6.45) is 0. The molecule has 0 unspecified atom stereocenters. The molecular formula is C3H7BrN2O2. The second-order valence-corrected chi connectivity index (χ2v) is 1.75.